The summed E-state index contributed by atoms with van der Waals surface area (Å²) in [6.07, 6.45) is 3.36. The van der Waals surface area contributed by atoms with Crippen LogP contribution in [0.4, 0.5) is 5.69 Å². The van der Waals surface area contributed by atoms with Gasteiger partial charge in [-0.3, -0.25) is 9.10 Å². The number of amides is 1. The van der Waals surface area contributed by atoms with Gasteiger partial charge in [-0.15, -0.1) is 0 Å². The first-order valence-corrected chi connectivity index (χ1v) is 11.0. The quantitative estimate of drug-likeness (QED) is 0.819. The highest BCUT2D eigenvalue weighted by atomic mass is 32.2. The van der Waals surface area contributed by atoms with Crippen LogP contribution in [0.1, 0.15) is 37.3 Å². The molecule has 0 saturated carbocycles. The van der Waals surface area contributed by atoms with Crippen LogP contribution in [-0.4, -0.2) is 57.7 Å². The van der Waals surface area contributed by atoms with Gasteiger partial charge in [-0.25, -0.2) is 8.42 Å². The smallest absolute Gasteiger partial charge is 0.244 e. The molecular formula is C19H31N3O3S. The zero-order valence-corrected chi connectivity index (χ0v) is 17.3. The van der Waals surface area contributed by atoms with Crippen molar-refractivity contribution in [3.63, 3.8) is 0 Å². The van der Waals surface area contributed by atoms with Crippen LogP contribution < -0.4 is 9.62 Å². The third kappa shape index (κ3) is 5.20. The second kappa shape index (κ2) is 8.39. The maximum Gasteiger partial charge on any atom is 0.244 e. The molecule has 26 heavy (non-hydrogen) atoms. The molecule has 1 aliphatic heterocycles. The maximum atomic E-state index is 12.9. The molecule has 2 rings (SSSR count). The van der Waals surface area contributed by atoms with E-state index >= 15 is 0 Å². The number of carbonyl (C=O) groups excluding carboxylic acids is 1. The van der Waals surface area contributed by atoms with Crippen molar-refractivity contribution in [1.82, 2.24) is 10.2 Å². The van der Waals surface area contributed by atoms with Gasteiger partial charge in [0.15, 0.2) is 0 Å². The highest BCUT2D eigenvalue weighted by molar-refractivity contribution is 7.92. The minimum atomic E-state index is -3.59. The van der Waals surface area contributed by atoms with Crippen molar-refractivity contribution in [3.05, 3.63) is 29.3 Å². The number of hydrogen-bond acceptors (Lipinski definition) is 4. The summed E-state index contributed by atoms with van der Waals surface area (Å²) in [5, 5.41) is 3.07. The van der Waals surface area contributed by atoms with Crippen molar-refractivity contribution in [2.75, 3.05) is 30.7 Å². The number of carbonyl (C=O) groups is 1. The van der Waals surface area contributed by atoms with Gasteiger partial charge in [0.2, 0.25) is 15.9 Å². The first-order valence-electron chi connectivity index (χ1n) is 9.18. The fourth-order valence-corrected chi connectivity index (χ4v) is 4.78. The third-order valence-corrected chi connectivity index (χ3v) is 6.04. The number of sulfonamides is 1. The van der Waals surface area contributed by atoms with Crippen molar-refractivity contribution in [3.8, 4) is 0 Å². The van der Waals surface area contributed by atoms with Gasteiger partial charge < -0.3 is 10.2 Å². The molecule has 1 aromatic rings. The van der Waals surface area contributed by atoms with Crippen molar-refractivity contribution >= 4 is 21.6 Å². The Balaban J connectivity index is 2.28. The fraction of sp³-hybridized carbons (Fsp3) is 0.632. The number of likely N-dealkylation sites (tertiary alicyclic amines) is 1. The number of piperidine rings is 1. The van der Waals surface area contributed by atoms with Gasteiger partial charge in [0.05, 0.1) is 11.9 Å². The molecule has 7 heteroatoms. The van der Waals surface area contributed by atoms with Crippen LogP contribution in [-0.2, 0) is 14.8 Å². The van der Waals surface area contributed by atoms with E-state index < -0.39 is 16.1 Å². The standard InChI is InChI=1S/C19H31N3O3S/c1-6-18(19(23)20-16-7-9-21(4)10-8-16)22(26(5,24)25)17-12-14(2)11-15(3)13-17/h11-13,16,18H,6-10H2,1-5H3,(H,20,23)/t18-/m0/s1. The topological polar surface area (TPSA) is 69.7 Å². The van der Waals surface area contributed by atoms with Crippen molar-refractivity contribution < 1.29 is 13.2 Å². The molecule has 0 aliphatic carbocycles. The molecule has 1 aromatic carbocycles. The molecule has 6 nitrogen and oxygen atoms in total. The molecular weight excluding hydrogens is 350 g/mol. The number of nitrogens with one attached hydrogen (secondary N) is 1. The lowest BCUT2D eigenvalue weighted by Crippen LogP contribution is -2.53. The molecule has 0 aromatic heterocycles. The molecule has 0 radical (unpaired) electrons. The average Bonchev–Trinajstić information content (AvgIpc) is 2.52. The number of anilines is 1. The van der Waals surface area contributed by atoms with Crippen LogP contribution in [0.2, 0.25) is 0 Å². The number of hydrogen-bond donors (Lipinski definition) is 1. The second-order valence-electron chi connectivity index (χ2n) is 7.41. The van der Waals surface area contributed by atoms with Gasteiger partial charge >= 0.3 is 0 Å². The highest BCUT2D eigenvalue weighted by Gasteiger charge is 2.33. The summed E-state index contributed by atoms with van der Waals surface area (Å²) >= 11 is 0. The Morgan fingerprint density at radius 3 is 2.23 bits per heavy atom. The average molecular weight is 382 g/mol. The summed E-state index contributed by atoms with van der Waals surface area (Å²) in [5.41, 5.74) is 2.49. The SMILES string of the molecule is CC[C@@H](C(=O)NC1CCN(C)CC1)N(c1cc(C)cc(C)c1)S(C)(=O)=O. The third-order valence-electron chi connectivity index (χ3n) is 4.86. The fourth-order valence-electron chi connectivity index (χ4n) is 3.59. The Bertz CT molecular complexity index is 720. The molecule has 0 bridgehead atoms. The maximum absolute atomic E-state index is 12.9. The van der Waals surface area contributed by atoms with Gasteiger partial charge in [-0.2, -0.15) is 0 Å². The highest BCUT2D eigenvalue weighted by Crippen LogP contribution is 2.25. The van der Waals surface area contributed by atoms with Crippen LogP contribution in [0.25, 0.3) is 0 Å². The molecule has 1 aliphatic rings. The first-order chi connectivity index (χ1) is 12.1. The molecule has 1 atom stereocenters. The molecule has 146 valence electrons. The van der Waals surface area contributed by atoms with E-state index in [1.165, 1.54) is 4.31 Å². The summed E-state index contributed by atoms with van der Waals surface area (Å²) in [7, 11) is -1.53. The first kappa shape index (κ1) is 20.7. The zero-order valence-electron chi connectivity index (χ0n) is 16.4. The Morgan fingerprint density at radius 2 is 1.77 bits per heavy atom. The Kier molecular flexibility index (Phi) is 6.69. The monoisotopic (exact) mass is 381 g/mol. The summed E-state index contributed by atoms with van der Waals surface area (Å²) in [4.78, 5) is 15.2. The summed E-state index contributed by atoms with van der Waals surface area (Å²) in [6, 6.07) is 4.99. The Hall–Kier alpha value is -1.60. The number of benzene rings is 1. The molecule has 0 spiro atoms. The van der Waals surface area contributed by atoms with Crippen LogP contribution in [0.5, 0.6) is 0 Å². The van der Waals surface area contributed by atoms with E-state index in [2.05, 4.69) is 17.3 Å². The van der Waals surface area contributed by atoms with Crippen molar-refractivity contribution in [2.24, 2.45) is 0 Å². The van der Waals surface area contributed by atoms with Gasteiger partial charge in [-0.05, 0) is 76.5 Å². The van der Waals surface area contributed by atoms with Crippen LogP contribution in [0.3, 0.4) is 0 Å². The van der Waals surface area contributed by atoms with E-state index in [1.54, 1.807) is 0 Å². The lowest BCUT2D eigenvalue weighted by molar-refractivity contribution is -0.123. The number of aryl methyl sites for hydroxylation is 2. The van der Waals surface area contributed by atoms with E-state index in [1.807, 2.05) is 39.0 Å². The van der Waals surface area contributed by atoms with Crippen molar-refractivity contribution in [1.29, 1.82) is 0 Å². The largest absolute Gasteiger partial charge is 0.351 e. The van der Waals surface area contributed by atoms with E-state index in [-0.39, 0.29) is 11.9 Å². The lowest BCUT2D eigenvalue weighted by atomic mass is 10.0. The minimum absolute atomic E-state index is 0.105. The number of nitrogens with zero attached hydrogens (tertiary/aromatic N) is 2. The summed E-state index contributed by atoms with van der Waals surface area (Å²) in [5.74, 6) is -0.216. The van der Waals surface area contributed by atoms with Gasteiger partial charge in [0, 0.05) is 6.04 Å². The van der Waals surface area contributed by atoms with Crippen LogP contribution >= 0.6 is 0 Å². The van der Waals surface area contributed by atoms with E-state index in [0.29, 0.717) is 12.1 Å². The van der Waals surface area contributed by atoms with E-state index in [0.717, 1.165) is 43.3 Å². The van der Waals surface area contributed by atoms with Crippen LogP contribution in [0.15, 0.2) is 18.2 Å². The van der Waals surface area contributed by atoms with Crippen molar-refractivity contribution in [2.45, 2.75) is 52.1 Å². The lowest BCUT2D eigenvalue weighted by Gasteiger charge is -2.34. The summed E-state index contributed by atoms with van der Waals surface area (Å²) < 4.78 is 26.3. The molecule has 1 N–H and O–H groups in total. The molecule has 1 saturated heterocycles. The van der Waals surface area contributed by atoms with E-state index in [4.69, 9.17) is 0 Å². The van der Waals surface area contributed by atoms with E-state index in [9.17, 15) is 13.2 Å². The zero-order chi connectivity index (χ0) is 19.5. The second-order valence-corrected chi connectivity index (χ2v) is 9.27. The summed E-state index contributed by atoms with van der Waals surface area (Å²) in [6.45, 7) is 7.58. The Labute approximate surface area is 157 Å². The number of rotatable bonds is 6. The van der Waals surface area contributed by atoms with Gasteiger partial charge in [-0.1, -0.05) is 13.0 Å². The molecule has 1 fully saturated rings. The van der Waals surface area contributed by atoms with Gasteiger partial charge in [0.25, 0.3) is 0 Å². The molecule has 1 amide bonds. The Morgan fingerprint density at radius 1 is 1.23 bits per heavy atom. The normalized spacial score (nSPS) is 17.7. The van der Waals surface area contributed by atoms with Crippen LogP contribution in [0, 0.1) is 13.8 Å². The predicted octanol–water partition coefficient (Wildman–Crippen LogP) is 2.06. The minimum Gasteiger partial charge on any atom is -0.351 e. The predicted molar refractivity (Wildman–Crippen MR) is 106 cm³/mol. The molecule has 0 unspecified atom stereocenters. The molecule has 1 heterocycles. The van der Waals surface area contributed by atoms with Gasteiger partial charge in [0.1, 0.15) is 6.04 Å².